The number of rotatable bonds is 7. The molecular weight excluding hydrogens is 479 g/mol. The van der Waals surface area contributed by atoms with Crippen molar-refractivity contribution in [1.82, 2.24) is 0 Å². The molecule has 34 heavy (non-hydrogen) atoms. The number of hydrogen-bond acceptors (Lipinski definition) is 6. The fraction of sp³-hybridized carbons (Fsp3) is 0.280. The second-order valence-corrected chi connectivity index (χ2v) is 8.47. The van der Waals surface area contributed by atoms with Crippen LogP contribution in [0.25, 0.3) is 11.3 Å². The molecular formula is C25H24Cl2N2O5. The zero-order valence-corrected chi connectivity index (χ0v) is 20.1. The van der Waals surface area contributed by atoms with Crippen LogP contribution in [0.2, 0.25) is 10.0 Å². The van der Waals surface area contributed by atoms with E-state index in [0.717, 1.165) is 5.69 Å². The summed E-state index contributed by atoms with van der Waals surface area (Å²) in [5.74, 6) is -0.380. The third-order valence-electron chi connectivity index (χ3n) is 5.31. The molecule has 0 atom stereocenters. The van der Waals surface area contributed by atoms with E-state index < -0.39 is 11.9 Å². The molecule has 0 spiro atoms. The number of halogens is 2. The van der Waals surface area contributed by atoms with Crippen molar-refractivity contribution < 1.29 is 23.5 Å². The van der Waals surface area contributed by atoms with Gasteiger partial charge in [0.05, 0.1) is 41.1 Å². The van der Waals surface area contributed by atoms with Crippen LogP contribution in [-0.4, -0.2) is 44.8 Å². The normalized spacial score (nSPS) is 13.6. The summed E-state index contributed by atoms with van der Waals surface area (Å²) >= 11 is 12.3. The van der Waals surface area contributed by atoms with Crippen LogP contribution in [0.5, 0.6) is 0 Å². The van der Waals surface area contributed by atoms with E-state index in [-0.39, 0.29) is 5.76 Å². The molecule has 2 heterocycles. The summed E-state index contributed by atoms with van der Waals surface area (Å²) in [4.78, 5) is 27.7. The molecule has 1 aliphatic heterocycles. The minimum atomic E-state index is -0.462. The highest BCUT2D eigenvalue weighted by molar-refractivity contribution is 6.43. The van der Waals surface area contributed by atoms with Crippen molar-refractivity contribution in [3.8, 4) is 11.3 Å². The topological polar surface area (TPSA) is 81.0 Å². The second-order valence-electron chi connectivity index (χ2n) is 7.69. The van der Waals surface area contributed by atoms with E-state index in [1.54, 1.807) is 42.5 Å². The van der Waals surface area contributed by atoms with Crippen LogP contribution in [0.15, 0.2) is 52.9 Å². The lowest BCUT2D eigenvalue weighted by atomic mass is 10.1. The third-order valence-corrected chi connectivity index (χ3v) is 6.13. The molecule has 4 rings (SSSR count). The summed E-state index contributed by atoms with van der Waals surface area (Å²) < 4.78 is 16.5. The van der Waals surface area contributed by atoms with Gasteiger partial charge in [-0.15, -0.1) is 0 Å². The summed E-state index contributed by atoms with van der Waals surface area (Å²) in [6.45, 7) is 4.75. The minimum Gasteiger partial charge on any atom is -0.462 e. The third kappa shape index (κ3) is 5.38. The van der Waals surface area contributed by atoms with Gasteiger partial charge in [0.25, 0.3) is 5.91 Å². The first kappa shape index (κ1) is 24.1. The number of anilines is 2. The molecule has 7 nitrogen and oxygen atoms in total. The van der Waals surface area contributed by atoms with E-state index in [2.05, 4.69) is 10.2 Å². The van der Waals surface area contributed by atoms with E-state index in [0.29, 0.717) is 72.0 Å². The van der Waals surface area contributed by atoms with Gasteiger partial charge in [-0.25, -0.2) is 4.79 Å². The molecule has 0 bridgehead atoms. The summed E-state index contributed by atoms with van der Waals surface area (Å²) in [7, 11) is 0. The number of carbonyl (C=O) groups is 2. The van der Waals surface area contributed by atoms with Crippen molar-refractivity contribution in [2.45, 2.75) is 13.3 Å². The lowest BCUT2D eigenvalue weighted by Gasteiger charge is -2.30. The molecule has 1 amide bonds. The van der Waals surface area contributed by atoms with Crippen LogP contribution >= 0.6 is 23.2 Å². The van der Waals surface area contributed by atoms with Crippen molar-refractivity contribution in [3.63, 3.8) is 0 Å². The quantitative estimate of drug-likeness (QED) is 0.404. The van der Waals surface area contributed by atoms with Gasteiger partial charge < -0.3 is 24.1 Å². The Morgan fingerprint density at radius 1 is 1.09 bits per heavy atom. The maximum atomic E-state index is 12.8. The number of benzene rings is 2. The SMILES string of the molecule is CCCOC(=O)c1cc(NC(=O)c2ccc(-c3cccc(Cl)c3Cl)o2)ccc1N1CCOCC1. The first-order valence-electron chi connectivity index (χ1n) is 11.0. The fourth-order valence-corrected chi connectivity index (χ4v) is 4.01. The predicted molar refractivity (Wildman–Crippen MR) is 132 cm³/mol. The van der Waals surface area contributed by atoms with Gasteiger partial charge in [-0.3, -0.25) is 4.79 Å². The monoisotopic (exact) mass is 502 g/mol. The van der Waals surface area contributed by atoms with Gasteiger partial charge >= 0.3 is 5.97 Å². The molecule has 3 aromatic rings. The Labute approximate surface area is 207 Å². The lowest BCUT2D eigenvalue weighted by molar-refractivity contribution is 0.0504. The second kappa shape index (κ2) is 11.0. The molecule has 2 aromatic carbocycles. The Morgan fingerprint density at radius 2 is 1.88 bits per heavy atom. The highest BCUT2D eigenvalue weighted by Crippen LogP contribution is 2.34. The van der Waals surface area contributed by atoms with Gasteiger partial charge in [0.2, 0.25) is 0 Å². The van der Waals surface area contributed by atoms with Gasteiger partial charge in [0, 0.05) is 24.3 Å². The highest BCUT2D eigenvalue weighted by Gasteiger charge is 2.22. The number of morpholine rings is 1. The standard InChI is InChI=1S/C25H24Cl2N2O5/c1-2-12-33-25(31)18-15-16(6-7-20(18)29-10-13-32-14-11-29)28-24(30)22-9-8-21(34-22)17-4-3-5-19(26)23(17)27/h3-9,15H,2,10-14H2,1H3,(H,28,30). The van der Waals surface area contributed by atoms with Crippen LogP contribution in [0, 0.1) is 0 Å². The van der Waals surface area contributed by atoms with Crippen LogP contribution in [0.3, 0.4) is 0 Å². The van der Waals surface area contributed by atoms with E-state index in [1.807, 2.05) is 13.0 Å². The highest BCUT2D eigenvalue weighted by atomic mass is 35.5. The smallest absolute Gasteiger partial charge is 0.340 e. The van der Waals surface area contributed by atoms with Gasteiger partial charge in [0.1, 0.15) is 5.76 Å². The first-order chi connectivity index (χ1) is 16.5. The van der Waals surface area contributed by atoms with Crippen LogP contribution in [0.1, 0.15) is 34.3 Å². The van der Waals surface area contributed by atoms with E-state index in [1.165, 1.54) is 0 Å². The maximum absolute atomic E-state index is 12.8. The molecule has 1 aliphatic rings. The van der Waals surface area contributed by atoms with E-state index in [4.69, 9.17) is 37.1 Å². The maximum Gasteiger partial charge on any atom is 0.340 e. The fourth-order valence-electron chi connectivity index (χ4n) is 3.62. The van der Waals surface area contributed by atoms with Crippen LogP contribution in [0.4, 0.5) is 11.4 Å². The Bertz CT molecular complexity index is 1190. The van der Waals surface area contributed by atoms with Gasteiger partial charge in [-0.2, -0.15) is 0 Å². The molecule has 1 saturated heterocycles. The van der Waals surface area contributed by atoms with Gasteiger partial charge in [-0.05, 0) is 48.9 Å². The predicted octanol–water partition coefficient (Wildman–Crippen LogP) is 5.91. The number of ether oxygens (including phenoxy) is 2. The van der Waals surface area contributed by atoms with Crippen LogP contribution < -0.4 is 10.2 Å². The Kier molecular flexibility index (Phi) is 7.77. The van der Waals surface area contributed by atoms with Crippen molar-refractivity contribution in [3.05, 3.63) is 69.9 Å². The number of furan rings is 1. The Morgan fingerprint density at radius 3 is 2.65 bits per heavy atom. The molecule has 9 heteroatoms. The van der Waals surface area contributed by atoms with E-state index >= 15 is 0 Å². The largest absolute Gasteiger partial charge is 0.462 e. The average molecular weight is 503 g/mol. The first-order valence-corrected chi connectivity index (χ1v) is 11.7. The average Bonchev–Trinajstić information content (AvgIpc) is 3.35. The molecule has 0 aliphatic carbocycles. The molecule has 1 fully saturated rings. The molecule has 1 aromatic heterocycles. The van der Waals surface area contributed by atoms with Crippen molar-refractivity contribution in [2.75, 3.05) is 43.1 Å². The summed E-state index contributed by atoms with van der Waals surface area (Å²) in [5, 5.41) is 3.53. The molecule has 0 radical (unpaired) electrons. The summed E-state index contributed by atoms with van der Waals surface area (Å²) in [6, 6.07) is 13.6. The summed E-state index contributed by atoms with van der Waals surface area (Å²) in [5.41, 5.74) is 2.17. The molecule has 1 N–H and O–H groups in total. The van der Waals surface area contributed by atoms with Gasteiger partial charge in [0.15, 0.2) is 5.76 Å². The number of amides is 1. The lowest BCUT2D eigenvalue weighted by Crippen LogP contribution is -2.37. The van der Waals surface area contributed by atoms with Crippen LogP contribution in [-0.2, 0) is 9.47 Å². The van der Waals surface area contributed by atoms with Crippen molar-refractivity contribution >= 4 is 46.5 Å². The minimum absolute atomic E-state index is 0.0957. The number of nitrogens with one attached hydrogen (secondary N) is 1. The number of carbonyl (C=O) groups excluding carboxylic acids is 2. The number of nitrogens with zero attached hydrogens (tertiary/aromatic N) is 1. The Balaban J connectivity index is 1.56. The summed E-state index contributed by atoms with van der Waals surface area (Å²) in [6.07, 6.45) is 0.715. The zero-order chi connectivity index (χ0) is 24.1. The van der Waals surface area contributed by atoms with Crippen molar-refractivity contribution in [2.24, 2.45) is 0 Å². The van der Waals surface area contributed by atoms with E-state index in [9.17, 15) is 9.59 Å². The van der Waals surface area contributed by atoms with Crippen molar-refractivity contribution in [1.29, 1.82) is 0 Å². The molecule has 0 saturated carbocycles. The molecule has 178 valence electrons. The molecule has 0 unspecified atom stereocenters. The Hall–Kier alpha value is -3.00. The van der Waals surface area contributed by atoms with Gasteiger partial charge in [-0.1, -0.05) is 36.2 Å². The number of esters is 1. The number of hydrogen-bond donors (Lipinski definition) is 1. The zero-order valence-electron chi connectivity index (χ0n) is 18.6.